The van der Waals surface area contributed by atoms with E-state index in [9.17, 15) is 12.8 Å². The number of hydrogen-bond donors (Lipinski definition) is 1. The third kappa shape index (κ3) is 4.27. The standard InChI is InChI=1S/C15H16FNO3S/c16-13-4-2-6-15(10-13)21(18,19)8-7-20-14-5-1-3-12(9-14)11-17/h1-6,9-10H,7-8,11,17H2. The largest absolute Gasteiger partial charge is 0.493 e. The Labute approximate surface area is 123 Å². The van der Waals surface area contributed by atoms with Crippen LogP contribution in [0.15, 0.2) is 53.4 Å². The number of halogens is 1. The lowest BCUT2D eigenvalue weighted by Gasteiger charge is -2.08. The molecule has 2 aromatic carbocycles. The van der Waals surface area contributed by atoms with Crippen LogP contribution in [0.2, 0.25) is 0 Å². The molecule has 2 rings (SSSR count). The molecule has 0 fully saturated rings. The first kappa shape index (κ1) is 15.5. The van der Waals surface area contributed by atoms with Gasteiger partial charge in [-0.05, 0) is 35.9 Å². The first-order valence-electron chi connectivity index (χ1n) is 6.41. The van der Waals surface area contributed by atoms with E-state index >= 15 is 0 Å². The van der Waals surface area contributed by atoms with E-state index in [0.29, 0.717) is 12.3 Å². The third-order valence-electron chi connectivity index (χ3n) is 2.91. The van der Waals surface area contributed by atoms with Gasteiger partial charge in [0.15, 0.2) is 9.84 Å². The Morgan fingerprint density at radius 2 is 1.86 bits per heavy atom. The van der Waals surface area contributed by atoms with Crippen LogP contribution in [0.1, 0.15) is 5.56 Å². The molecule has 0 aliphatic carbocycles. The highest BCUT2D eigenvalue weighted by Gasteiger charge is 2.15. The highest BCUT2D eigenvalue weighted by molar-refractivity contribution is 7.91. The second kappa shape index (κ2) is 6.69. The first-order valence-corrected chi connectivity index (χ1v) is 8.06. The molecule has 0 bridgehead atoms. The molecular formula is C15H16FNO3S. The van der Waals surface area contributed by atoms with E-state index in [1.807, 2.05) is 6.07 Å². The van der Waals surface area contributed by atoms with Gasteiger partial charge in [0.2, 0.25) is 0 Å². The Morgan fingerprint density at radius 1 is 1.10 bits per heavy atom. The van der Waals surface area contributed by atoms with Crippen LogP contribution in [0.4, 0.5) is 4.39 Å². The van der Waals surface area contributed by atoms with Gasteiger partial charge in [-0.15, -0.1) is 0 Å². The molecule has 0 saturated heterocycles. The van der Waals surface area contributed by atoms with Gasteiger partial charge in [0.05, 0.1) is 10.6 Å². The minimum atomic E-state index is -3.56. The van der Waals surface area contributed by atoms with Gasteiger partial charge in [0.1, 0.15) is 18.2 Å². The average molecular weight is 309 g/mol. The molecule has 0 unspecified atom stereocenters. The maximum absolute atomic E-state index is 13.1. The van der Waals surface area contributed by atoms with Crippen LogP contribution in [0.5, 0.6) is 5.75 Å². The quantitative estimate of drug-likeness (QED) is 0.887. The van der Waals surface area contributed by atoms with Crippen molar-refractivity contribution in [2.75, 3.05) is 12.4 Å². The summed E-state index contributed by atoms with van der Waals surface area (Å²) >= 11 is 0. The normalized spacial score (nSPS) is 11.3. The molecule has 0 spiro atoms. The monoisotopic (exact) mass is 309 g/mol. The Bertz CT molecular complexity index is 716. The average Bonchev–Trinajstić information content (AvgIpc) is 2.47. The van der Waals surface area contributed by atoms with Gasteiger partial charge in [-0.1, -0.05) is 18.2 Å². The minimum Gasteiger partial charge on any atom is -0.493 e. The SMILES string of the molecule is NCc1cccc(OCCS(=O)(=O)c2cccc(F)c2)c1. The van der Waals surface area contributed by atoms with Crippen molar-refractivity contribution >= 4 is 9.84 Å². The molecule has 0 atom stereocenters. The molecule has 2 aromatic rings. The molecule has 4 nitrogen and oxygen atoms in total. The molecular weight excluding hydrogens is 293 g/mol. The van der Waals surface area contributed by atoms with Crippen LogP contribution in [0, 0.1) is 5.82 Å². The zero-order valence-corrected chi connectivity index (χ0v) is 12.1. The predicted octanol–water partition coefficient (Wildman–Crippen LogP) is 2.14. The van der Waals surface area contributed by atoms with E-state index in [1.165, 1.54) is 18.2 Å². The first-order chi connectivity index (χ1) is 10.0. The van der Waals surface area contributed by atoms with Crippen molar-refractivity contribution in [3.63, 3.8) is 0 Å². The van der Waals surface area contributed by atoms with Crippen molar-refractivity contribution in [2.24, 2.45) is 5.73 Å². The lowest BCUT2D eigenvalue weighted by molar-refractivity contribution is 0.340. The van der Waals surface area contributed by atoms with E-state index < -0.39 is 15.7 Å². The van der Waals surface area contributed by atoms with Gasteiger partial charge >= 0.3 is 0 Å². The van der Waals surface area contributed by atoms with Gasteiger partial charge in [-0.3, -0.25) is 0 Å². The summed E-state index contributed by atoms with van der Waals surface area (Å²) < 4.78 is 42.5. The van der Waals surface area contributed by atoms with Crippen molar-refractivity contribution in [1.82, 2.24) is 0 Å². The molecule has 0 saturated carbocycles. The van der Waals surface area contributed by atoms with Crippen LogP contribution in [0.25, 0.3) is 0 Å². The summed E-state index contributed by atoms with van der Waals surface area (Å²) in [5, 5.41) is 0. The van der Waals surface area contributed by atoms with Gasteiger partial charge in [0.25, 0.3) is 0 Å². The van der Waals surface area contributed by atoms with E-state index in [2.05, 4.69) is 0 Å². The molecule has 0 aliphatic heterocycles. The number of benzene rings is 2. The predicted molar refractivity (Wildman–Crippen MR) is 78.3 cm³/mol. The summed E-state index contributed by atoms with van der Waals surface area (Å²) in [7, 11) is -3.56. The van der Waals surface area contributed by atoms with Crippen LogP contribution < -0.4 is 10.5 Å². The van der Waals surface area contributed by atoms with Crippen molar-refractivity contribution in [3.05, 3.63) is 59.9 Å². The summed E-state index contributed by atoms with van der Waals surface area (Å²) in [5.41, 5.74) is 6.42. The van der Waals surface area contributed by atoms with Crippen molar-refractivity contribution < 1.29 is 17.5 Å². The van der Waals surface area contributed by atoms with Crippen LogP contribution >= 0.6 is 0 Å². The molecule has 6 heteroatoms. The van der Waals surface area contributed by atoms with Gasteiger partial charge < -0.3 is 10.5 Å². The Balaban J connectivity index is 1.99. The molecule has 0 aliphatic rings. The fourth-order valence-corrected chi connectivity index (χ4v) is 2.93. The van der Waals surface area contributed by atoms with E-state index in [4.69, 9.17) is 10.5 Å². The lowest BCUT2D eigenvalue weighted by atomic mass is 10.2. The van der Waals surface area contributed by atoms with Crippen LogP contribution in [-0.2, 0) is 16.4 Å². The van der Waals surface area contributed by atoms with E-state index in [1.54, 1.807) is 18.2 Å². The number of nitrogens with two attached hydrogens (primary N) is 1. The Hall–Kier alpha value is -1.92. The minimum absolute atomic E-state index is 0.00707. The van der Waals surface area contributed by atoms with Crippen molar-refractivity contribution in [1.29, 1.82) is 0 Å². The lowest BCUT2D eigenvalue weighted by Crippen LogP contribution is -2.14. The second-order valence-electron chi connectivity index (χ2n) is 4.48. The summed E-state index contributed by atoms with van der Waals surface area (Å²) in [5.74, 6) is -0.233. The zero-order chi connectivity index (χ0) is 15.3. The maximum Gasteiger partial charge on any atom is 0.181 e. The molecule has 0 heterocycles. The number of ether oxygens (including phenoxy) is 1. The maximum atomic E-state index is 13.1. The zero-order valence-electron chi connectivity index (χ0n) is 11.3. The number of hydrogen-bond acceptors (Lipinski definition) is 4. The van der Waals surface area contributed by atoms with Gasteiger partial charge in [-0.25, -0.2) is 12.8 Å². The Kier molecular flexibility index (Phi) is 4.93. The molecule has 21 heavy (non-hydrogen) atoms. The molecule has 0 radical (unpaired) electrons. The smallest absolute Gasteiger partial charge is 0.181 e. The molecule has 0 amide bonds. The fourth-order valence-electron chi connectivity index (χ4n) is 1.81. The highest BCUT2D eigenvalue weighted by atomic mass is 32.2. The number of rotatable bonds is 6. The second-order valence-corrected chi connectivity index (χ2v) is 6.59. The third-order valence-corrected chi connectivity index (χ3v) is 4.59. The van der Waals surface area contributed by atoms with Crippen molar-refractivity contribution in [3.8, 4) is 5.75 Å². The van der Waals surface area contributed by atoms with E-state index in [0.717, 1.165) is 11.6 Å². The topological polar surface area (TPSA) is 69.4 Å². The highest BCUT2D eigenvalue weighted by Crippen LogP contribution is 2.15. The summed E-state index contributed by atoms with van der Waals surface area (Å²) in [4.78, 5) is -0.0400. The van der Waals surface area contributed by atoms with Crippen LogP contribution in [-0.4, -0.2) is 20.8 Å². The summed E-state index contributed by atoms with van der Waals surface area (Å²) in [6, 6.07) is 12.1. The molecule has 112 valence electrons. The van der Waals surface area contributed by atoms with Crippen molar-refractivity contribution in [2.45, 2.75) is 11.4 Å². The van der Waals surface area contributed by atoms with Gasteiger partial charge in [0, 0.05) is 6.54 Å². The van der Waals surface area contributed by atoms with Crippen LogP contribution in [0.3, 0.4) is 0 Å². The number of sulfone groups is 1. The summed E-state index contributed by atoms with van der Waals surface area (Å²) in [6.07, 6.45) is 0. The molecule has 2 N–H and O–H groups in total. The van der Waals surface area contributed by atoms with E-state index in [-0.39, 0.29) is 17.3 Å². The fraction of sp³-hybridized carbons (Fsp3) is 0.200. The van der Waals surface area contributed by atoms with Gasteiger partial charge in [-0.2, -0.15) is 0 Å². The Morgan fingerprint density at radius 3 is 2.57 bits per heavy atom. The molecule has 0 aromatic heterocycles. The summed E-state index contributed by atoms with van der Waals surface area (Å²) in [6.45, 7) is 0.381.